The van der Waals surface area contributed by atoms with Gasteiger partial charge in [-0.05, 0) is 211 Å². The quantitative estimate of drug-likeness (QED) is 0.0774. The standard InChI is InChI=1S/C60H86N2O4/c1-7-53(11-9-10-40-63)61(57-37-26-51(27-38-57)52-28-39-60(66-6)44(4)41-52)56-33-22-49(23-34-56)47-18-20-48(21-19-47)50-24-35-58(36-25-50)62(55-31-16-46(42-64)17-32-55)54-29-14-45(15-30-54)13-12-43(3)59(8-2)65-5/h8,14-18,20,22,28-33,39,41,43,47-51,53,56-59,63-64H,2,7,9-13,19,21,23-27,34-38,40,42H2,1,3-6H3. The van der Waals surface area contributed by atoms with Crippen LogP contribution in [0.1, 0.15) is 151 Å². The molecule has 6 heteroatoms. The van der Waals surface area contributed by atoms with Crippen LogP contribution in [0.25, 0.3) is 0 Å². The van der Waals surface area contributed by atoms with Crippen molar-refractivity contribution in [1.29, 1.82) is 0 Å². The average molecular weight is 899 g/mol. The molecule has 3 aromatic carbocycles. The summed E-state index contributed by atoms with van der Waals surface area (Å²) in [5.41, 5.74) is 7.53. The van der Waals surface area contributed by atoms with Crippen molar-refractivity contribution >= 4 is 11.4 Å². The van der Waals surface area contributed by atoms with Crippen molar-refractivity contribution in [2.24, 2.45) is 29.6 Å². The number of allylic oxidation sites excluding steroid dienone is 3. The minimum absolute atomic E-state index is 0.0695. The largest absolute Gasteiger partial charge is 0.496 e. The highest BCUT2D eigenvalue weighted by molar-refractivity contribution is 5.65. The molecule has 7 atom stereocenters. The van der Waals surface area contributed by atoms with E-state index in [2.05, 4.69) is 128 Å². The van der Waals surface area contributed by atoms with Gasteiger partial charge in [0, 0.05) is 49.3 Å². The van der Waals surface area contributed by atoms with Crippen molar-refractivity contribution < 1.29 is 19.7 Å². The number of benzene rings is 3. The fraction of sp³-hybridized carbons (Fsp3) is 0.600. The Morgan fingerprint density at radius 1 is 0.697 bits per heavy atom. The number of methoxy groups -OCH3 is 2. The lowest BCUT2D eigenvalue weighted by molar-refractivity contribution is 0.0531. The average Bonchev–Trinajstić information content (AvgIpc) is 3.37. The molecule has 0 radical (unpaired) electrons. The van der Waals surface area contributed by atoms with Crippen LogP contribution >= 0.6 is 0 Å². The van der Waals surface area contributed by atoms with Crippen LogP contribution in [0.3, 0.4) is 0 Å². The Morgan fingerprint density at radius 3 is 1.86 bits per heavy atom. The number of aliphatic hydroxyl groups is 2. The summed E-state index contributed by atoms with van der Waals surface area (Å²) < 4.78 is 11.2. The first kappa shape index (κ1) is 50.2. The van der Waals surface area contributed by atoms with E-state index < -0.39 is 0 Å². The summed E-state index contributed by atoms with van der Waals surface area (Å²) >= 11 is 0. The molecule has 7 rings (SSSR count). The maximum Gasteiger partial charge on any atom is 0.121 e. The lowest BCUT2D eigenvalue weighted by Gasteiger charge is -2.47. The van der Waals surface area contributed by atoms with Gasteiger partial charge in [0.2, 0.25) is 0 Å². The molecule has 4 aliphatic rings. The fourth-order valence-corrected chi connectivity index (χ4v) is 12.9. The topological polar surface area (TPSA) is 65.4 Å². The van der Waals surface area contributed by atoms with Crippen LogP contribution in [0.4, 0.5) is 11.4 Å². The predicted molar refractivity (Wildman–Crippen MR) is 276 cm³/mol. The minimum atomic E-state index is 0.0695. The first-order valence-electron chi connectivity index (χ1n) is 26.4. The van der Waals surface area contributed by atoms with Gasteiger partial charge in [-0.2, -0.15) is 0 Å². The Hall–Kier alpha value is -3.68. The van der Waals surface area contributed by atoms with Gasteiger partial charge in [0.25, 0.3) is 0 Å². The number of anilines is 2. The first-order valence-corrected chi connectivity index (χ1v) is 26.4. The monoisotopic (exact) mass is 899 g/mol. The molecule has 0 saturated heterocycles. The highest BCUT2D eigenvalue weighted by atomic mass is 16.5. The Labute approximate surface area is 400 Å². The van der Waals surface area contributed by atoms with Crippen LogP contribution in [0.15, 0.2) is 104 Å². The van der Waals surface area contributed by atoms with Crippen molar-refractivity contribution in [3.63, 3.8) is 0 Å². The van der Waals surface area contributed by atoms with Crippen molar-refractivity contribution in [3.05, 3.63) is 126 Å². The molecular formula is C60H86N2O4. The van der Waals surface area contributed by atoms with Crippen molar-refractivity contribution in [3.8, 4) is 5.75 Å². The van der Waals surface area contributed by atoms with E-state index in [9.17, 15) is 10.2 Å². The number of aryl methyl sites for hydroxylation is 2. The molecule has 66 heavy (non-hydrogen) atoms. The number of ether oxygens (including phenoxy) is 2. The van der Waals surface area contributed by atoms with Gasteiger partial charge >= 0.3 is 0 Å². The highest BCUT2D eigenvalue weighted by Crippen LogP contribution is 2.45. The Kier molecular flexibility index (Phi) is 19.1. The summed E-state index contributed by atoms with van der Waals surface area (Å²) in [5.74, 6) is 4.80. The van der Waals surface area contributed by atoms with Crippen molar-refractivity contribution in [2.45, 2.75) is 179 Å². The van der Waals surface area contributed by atoms with Gasteiger partial charge in [0.15, 0.2) is 0 Å². The van der Waals surface area contributed by atoms with Gasteiger partial charge in [0.1, 0.15) is 5.75 Å². The molecule has 4 aliphatic carbocycles. The Balaban J connectivity index is 0.950. The molecule has 2 fully saturated rings. The van der Waals surface area contributed by atoms with Crippen LogP contribution in [-0.4, -0.2) is 66.2 Å². The molecule has 0 amide bonds. The first-order chi connectivity index (χ1) is 32.3. The molecule has 3 aromatic rings. The number of unbranched alkanes of at least 4 members (excludes halogenated alkanes) is 1. The van der Waals surface area contributed by atoms with E-state index in [0.29, 0.717) is 60.4 Å². The summed E-state index contributed by atoms with van der Waals surface area (Å²) in [6, 6.07) is 26.9. The van der Waals surface area contributed by atoms with Crippen LogP contribution in [-0.2, 0) is 17.8 Å². The molecule has 0 spiro atoms. The second-order valence-corrected chi connectivity index (χ2v) is 20.8. The molecule has 6 nitrogen and oxygen atoms in total. The van der Waals surface area contributed by atoms with E-state index in [1.165, 1.54) is 118 Å². The molecule has 0 aliphatic heterocycles. The number of hydrogen-bond donors (Lipinski definition) is 2. The second kappa shape index (κ2) is 25.1. The SMILES string of the molecule is C=CC(OC)C(C)CCc1ccc(N(c2ccc(CO)cc2)C2CCC(C3C=CC(C4C=CC(N(C(CC)CCCCO)C5CCC(c6ccc(OC)c(C)c6)CC5)CC4)CC3)CC2)cc1. The normalized spacial score (nSPS) is 27.0. The maximum atomic E-state index is 9.80. The fourth-order valence-electron chi connectivity index (χ4n) is 12.9. The number of aliphatic hydroxyl groups excluding tert-OH is 2. The molecule has 2 saturated carbocycles. The zero-order chi connectivity index (χ0) is 46.4. The van der Waals surface area contributed by atoms with Crippen LogP contribution < -0.4 is 9.64 Å². The third-order valence-electron chi connectivity index (χ3n) is 16.9. The van der Waals surface area contributed by atoms with Gasteiger partial charge in [-0.1, -0.05) is 80.6 Å². The molecular weight excluding hydrogens is 813 g/mol. The van der Waals surface area contributed by atoms with Gasteiger partial charge < -0.3 is 24.6 Å². The van der Waals surface area contributed by atoms with Crippen LogP contribution in [0.2, 0.25) is 0 Å². The minimum Gasteiger partial charge on any atom is -0.496 e. The highest BCUT2D eigenvalue weighted by Gasteiger charge is 2.37. The predicted octanol–water partition coefficient (Wildman–Crippen LogP) is 13.8. The van der Waals surface area contributed by atoms with E-state index in [0.717, 1.165) is 42.9 Å². The van der Waals surface area contributed by atoms with Crippen molar-refractivity contribution in [2.75, 3.05) is 25.7 Å². The molecule has 0 aromatic heterocycles. The Morgan fingerprint density at radius 2 is 1.32 bits per heavy atom. The van der Waals surface area contributed by atoms with E-state index >= 15 is 0 Å². The van der Waals surface area contributed by atoms with Gasteiger partial charge in [0.05, 0.1) is 19.8 Å². The van der Waals surface area contributed by atoms with Gasteiger partial charge in [-0.3, -0.25) is 4.90 Å². The molecule has 7 unspecified atom stereocenters. The third-order valence-corrected chi connectivity index (χ3v) is 16.9. The summed E-state index contributed by atoms with van der Waals surface area (Å²) in [4.78, 5) is 5.57. The van der Waals surface area contributed by atoms with Crippen LogP contribution in [0, 0.1) is 36.5 Å². The van der Waals surface area contributed by atoms with E-state index in [-0.39, 0.29) is 12.7 Å². The van der Waals surface area contributed by atoms with E-state index in [4.69, 9.17) is 9.47 Å². The third kappa shape index (κ3) is 12.7. The second-order valence-electron chi connectivity index (χ2n) is 20.8. The number of hydrogen-bond acceptors (Lipinski definition) is 6. The summed E-state index contributed by atoms with van der Waals surface area (Å²) in [5, 5.41) is 19.4. The van der Waals surface area contributed by atoms with E-state index in [1.807, 2.05) is 6.08 Å². The molecule has 0 bridgehead atoms. The lowest BCUT2D eigenvalue weighted by atomic mass is 9.70. The van der Waals surface area contributed by atoms with Crippen LogP contribution in [0.5, 0.6) is 5.75 Å². The summed E-state index contributed by atoms with van der Waals surface area (Å²) in [6.07, 6.45) is 34.2. The van der Waals surface area contributed by atoms with Gasteiger partial charge in [-0.25, -0.2) is 0 Å². The van der Waals surface area contributed by atoms with E-state index in [1.54, 1.807) is 14.2 Å². The molecule has 2 N–H and O–H groups in total. The summed E-state index contributed by atoms with van der Waals surface area (Å²) in [7, 11) is 3.54. The summed E-state index contributed by atoms with van der Waals surface area (Å²) in [6.45, 7) is 11.1. The zero-order valence-electron chi connectivity index (χ0n) is 41.5. The smallest absolute Gasteiger partial charge is 0.121 e. The lowest BCUT2D eigenvalue weighted by Crippen LogP contribution is -2.50. The Bertz CT molecular complexity index is 1960. The molecule has 360 valence electrons. The maximum absolute atomic E-state index is 9.80. The zero-order valence-corrected chi connectivity index (χ0v) is 41.5. The number of rotatable bonds is 22. The molecule has 0 heterocycles. The van der Waals surface area contributed by atoms with Crippen molar-refractivity contribution in [1.82, 2.24) is 4.90 Å². The number of nitrogens with zero attached hydrogens (tertiary/aromatic N) is 2. The van der Waals surface area contributed by atoms with Gasteiger partial charge in [-0.15, -0.1) is 6.58 Å².